The summed E-state index contributed by atoms with van der Waals surface area (Å²) in [4.78, 5) is 0. The van der Waals surface area contributed by atoms with Crippen LogP contribution < -0.4 is 5.32 Å². The first-order valence-corrected chi connectivity index (χ1v) is 5.01. The maximum Gasteiger partial charge on any atom is 0.0409 e. The molecule has 0 saturated carbocycles. The van der Waals surface area contributed by atoms with E-state index in [1.165, 1.54) is 0 Å². The van der Waals surface area contributed by atoms with Crippen LogP contribution in [-0.4, -0.2) is 13.6 Å². The summed E-state index contributed by atoms with van der Waals surface area (Å²) in [6, 6.07) is 5.77. The normalized spacial score (nSPS) is 9.36. The van der Waals surface area contributed by atoms with Crippen LogP contribution in [-0.2, 0) is 0 Å². The topological polar surface area (TPSA) is 12.0 Å². The number of rotatable bonds is 2. The zero-order valence-electron chi connectivity index (χ0n) is 8.52. The Morgan fingerprint density at radius 2 is 2.21 bits per heavy atom. The lowest BCUT2D eigenvalue weighted by molar-refractivity contribution is 0.818. The van der Waals surface area contributed by atoms with E-state index in [0.29, 0.717) is 0 Å². The summed E-state index contributed by atoms with van der Waals surface area (Å²) in [5, 5.41) is 3.82. The van der Waals surface area contributed by atoms with Crippen molar-refractivity contribution in [3.8, 4) is 11.8 Å². The first-order chi connectivity index (χ1) is 6.74. The van der Waals surface area contributed by atoms with E-state index in [2.05, 4.69) is 17.2 Å². The molecule has 0 atom stereocenters. The summed E-state index contributed by atoms with van der Waals surface area (Å²) in [6.45, 7) is 2.95. The molecule has 0 aliphatic heterocycles. The highest BCUT2D eigenvalue weighted by Crippen LogP contribution is 2.13. The van der Waals surface area contributed by atoms with E-state index in [0.717, 1.165) is 29.1 Å². The molecule has 0 unspecified atom stereocenters. The quantitative estimate of drug-likeness (QED) is 0.581. The van der Waals surface area contributed by atoms with Gasteiger partial charge in [-0.05, 0) is 37.7 Å². The van der Waals surface area contributed by atoms with Crippen molar-refractivity contribution in [2.45, 2.75) is 13.3 Å². The second kappa shape index (κ2) is 5.70. The van der Waals surface area contributed by atoms with Gasteiger partial charge < -0.3 is 5.32 Å². The van der Waals surface area contributed by atoms with Crippen LogP contribution in [0.5, 0.6) is 0 Å². The molecule has 0 spiro atoms. The zero-order valence-corrected chi connectivity index (χ0v) is 9.28. The maximum atomic E-state index is 5.84. The van der Waals surface area contributed by atoms with Gasteiger partial charge in [-0.3, -0.25) is 0 Å². The second-order valence-electron chi connectivity index (χ2n) is 3.11. The Morgan fingerprint density at radius 1 is 1.43 bits per heavy atom. The maximum absolute atomic E-state index is 5.84. The monoisotopic (exact) mass is 207 g/mol. The first kappa shape index (κ1) is 11.1. The Hall–Kier alpha value is -0.970. The van der Waals surface area contributed by atoms with Gasteiger partial charge in [0.15, 0.2) is 0 Å². The number of benzene rings is 1. The SMILES string of the molecule is CNCCC#Cc1ccc(Cl)cc1C. The average molecular weight is 208 g/mol. The highest BCUT2D eigenvalue weighted by Gasteiger charge is 1.94. The van der Waals surface area contributed by atoms with E-state index in [1.807, 2.05) is 32.2 Å². The van der Waals surface area contributed by atoms with Crippen molar-refractivity contribution in [2.24, 2.45) is 0 Å². The smallest absolute Gasteiger partial charge is 0.0409 e. The van der Waals surface area contributed by atoms with Gasteiger partial charge in [0, 0.05) is 23.6 Å². The predicted octanol–water partition coefficient (Wildman–Crippen LogP) is 2.61. The lowest BCUT2D eigenvalue weighted by Crippen LogP contribution is -2.05. The van der Waals surface area contributed by atoms with E-state index in [1.54, 1.807) is 0 Å². The number of hydrogen-bond donors (Lipinski definition) is 1. The summed E-state index contributed by atoms with van der Waals surface area (Å²) in [5.74, 6) is 6.23. The Balaban J connectivity index is 2.70. The van der Waals surface area contributed by atoms with Crippen LogP contribution in [0.25, 0.3) is 0 Å². The molecule has 1 N–H and O–H groups in total. The van der Waals surface area contributed by atoms with Crippen LogP contribution >= 0.6 is 11.6 Å². The van der Waals surface area contributed by atoms with Crippen molar-refractivity contribution in [2.75, 3.05) is 13.6 Å². The fourth-order valence-corrected chi connectivity index (χ4v) is 1.34. The van der Waals surface area contributed by atoms with Gasteiger partial charge in [0.25, 0.3) is 0 Å². The van der Waals surface area contributed by atoms with Gasteiger partial charge in [-0.1, -0.05) is 23.4 Å². The van der Waals surface area contributed by atoms with Gasteiger partial charge in [-0.2, -0.15) is 0 Å². The molecule has 0 aliphatic carbocycles. The standard InChI is InChI=1S/C12H14ClN/c1-10-9-12(13)7-6-11(10)5-3-4-8-14-2/h6-7,9,14H,4,8H2,1-2H3. The molecule has 0 bridgehead atoms. The number of nitrogens with one attached hydrogen (secondary N) is 1. The van der Waals surface area contributed by atoms with E-state index in [9.17, 15) is 0 Å². The van der Waals surface area contributed by atoms with Gasteiger partial charge >= 0.3 is 0 Å². The third-order valence-electron chi connectivity index (χ3n) is 1.91. The number of halogens is 1. The van der Waals surface area contributed by atoms with E-state index in [4.69, 9.17) is 11.6 Å². The van der Waals surface area contributed by atoms with Crippen LogP contribution in [0.2, 0.25) is 5.02 Å². The molecular formula is C12H14ClN. The number of hydrogen-bond acceptors (Lipinski definition) is 1. The summed E-state index contributed by atoms with van der Waals surface area (Å²) >= 11 is 5.84. The fraction of sp³-hybridized carbons (Fsp3) is 0.333. The third kappa shape index (κ3) is 3.41. The molecule has 74 valence electrons. The van der Waals surface area contributed by atoms with Gasteiger partial charge in [-0.25, -0.2) is 0 Å². The highest BCUT2D eigenvalue weighted by molar-refractivity contribution is 6.30. The highest BCUT2D eigenvalue weighted by atomic mass is 35.5. The van der Waals surface area contributed by atoms with Crippen molar-refractivity contribution >= 4 is 11.6 Å². The second-order valence-corrected chi connectivity index (χ2v) is 3.55. The molecule has 0 amide bonds. The van der Waals surface area contributed by atoms with Crippen molar-refractivity contribution in [1.29, 1.82) is 0 Å². The van der Waals surface area contributed by atoms with E-state index < -0.39 is 0 Å². The summed E-state index contributed by atoms with van der Waals surface area (Å²) < 4.78 is 0. The summed E-state index contributed by atoms with van der Waals surface area (Å²) in [6.07, 6.45) is 0.874. The van der Waals surface area contributed by atoms with Crippen LogP contribution in [0.3, 0.4) is 0 Å². The minimum absolute atomic E-state index is 0.767. The van der Waals surface area contributed by atoms with Gasteiger partial charge in [0.2, 0.25) is 0 Å². The van der Waals surface area contributed by atoms with Gasteiger partial charge in [0.1, 0.15) is 0 Å². The molecule has 1 aromatic carbocycles. The number of aryl methyl sites for hydroxylation is 1. The van der Waals surface area contributed by atoms with Crippen molar-refractivity contribution in [3.63, 3.8) is 0 Å². The molecular weight excluding hydrogens is 194 g/mol. The Labute approximate surface area is 90.5 Å². The average Bonchev–Trinajstić information content (AvgIpc) is 2.15. The van der Waals surface area contributed by atoms with Crippen LogP contribution in [0.4, 0.5) is 0 Å². The fourth-order valence-electron chi connectivity index (χ4n) is 1.11. The molecule has 0 saturated heterocycles. The lowest BCUT2D eigenvalue weighted by atomic mass is 10.1. The van der Waals surface area contributed by atoms with Crippen molar-refractivity contribution < 1.29 is 0 Å². The summed E-state index contributed by atoms with van der Waals surface area (Å²) in [7, 11) is 1.93. The minimum atomic E-state index is 0.767. The van der Waals surface area contributed by atoms with Gasteiger partial charge in [-0.15, -0.1) is 0 Å². The lowest BCUT2D eigenvalue weighted by Gasteiger charge is -1.97. The van der Waals surface area contributed by atoms with Crippen molar-refractivity contribution in [1.82, 2.24) is 5.32 Å². The molecule has 0 aromatic heterocycles. The predicted molar refractivity (Wildman–Crippen MR) is 61.6 cm³/mol. The summed E-state index contributed by atoms with van der Waals surface area (Å²) in [5.41, 5.74) is 2.19. The van der Waals surface area contributed by atoms with Crippen LogP contribution in [0.15, 0.2) is 18.2 Å². The zero-order chi connectivity index (χ0) is 10.4. The molecule has 1 rings (SSSR count). The third-order valence-corrected chi connectivity index (χ3v) is 2.15. The molecule has 0 radical (unpaired) electrons. The first-order valence-electron chi connectivity index (χ1n) is 4.63. The molecule has 0 fully saturated rings. The molecule has 0 aliphatic rings. The Bertz CT molecular complexity index is 360. The molecule has 0 heterocycles. The molecule has 1 aromatic rings. The van der Waals surface area contributed by atoms with Crippen molar-refractivity contribution in [3.05, 3.63) is 34.3 Å². The minimum Gasteiger partial charge on any atom is -0.319 e. The van der Waals surface area contributed by atoms with E-state index >= 15 is 0 Å². The van der Waals surface area contributed by atoms with Crippen LogP contribution in [0.1, 0.15) is 17.5 Å². The Kier molecular flexibility index (Phi) is 4.52. The molecule has 2 heteroatoms. The van der Waals surface area contributed by atoms with Crippen LogP contribution in [0, 0.1) is 18.8 Å². The Morgan fingerprint density at radius 3 is 2.86 bits per heavy atom. The van der Waals surface area contributed by atoms with Gasteiger partial charge in [0.05, 0.1) is 0 Å². The molecule has 1 nitrogen and oxygen atoms in total. The largest absolute Gasteiger partial charge is 0.319 e. The molecule has 14 heavy (non-hydrogen) atoms. The van der Waals surface area contributed by atoms with E-state index in [-0.39, 0.29) is 0 Å².